The van der Waals surface area contributed by atoms with Crippen molar-refractivity contribution in [2.24, 2.45) is 0 Å². The van der Waals surface area contributed by atoms with Gasteiger partial charge in [-0.25, -0.2) is 4.79 Å². The number of nitrogens with one attached hydrogen (secondary N) is 1. The summed E-state index contributed by atoms with van der Waals surface area (Å²) >= 11 is 1.60. The minimum absolute atomic E-state index is 0.0848. The van der Waals surface area contributed by atoms with E-state index in [2.05, 4.69) is 5.32 Å². The molecule has 0 aliphatic heterocycles. The third kappa shape index (κ3) is 3.66. The lowest BCUT2D eigenvalue weighted by molar-refractivity contribution is -0.120. The Hall–Kier alpha value is -2.80. The topological polar surface area (TPSA) is 99.8 Å². The number of carbonyl (C=O) groups is 1. The molecule has 0 aliphatic carbocycles. The normalized spacial score (nSPS) is 10.9. The van der Waals surface area contributed by atoms with E-state index < -0.39 is 5.63 Å². The summed E-state index contributed by atoms with van der Waals surface area (Å²) in [4.78, 5) is 24.3. The van der Waals surface area contributed by atoms with Gasteiger partial charge in [0.25, 0.3) is 0 Å². The van der Waals surface area contributed by atoms with Crippen LogP contribution in [0.5, 0.6) is 11.5 Å². The van der Waals surface area contributed by atoms with Crippen LogP contribution < -0.4 is 10.9 Å². The second-order valence-corrected chi connectivity index (χ2v) is 6.52. The molecule has 0 spiro atoms. The molecule has 25 heavy (non-hydrogen) atoms. The number of hydrogen-bond acceptors (Lipinski definition) is 6. The number of carbonyl (C=O) groups excluding carboxylic acids is 1. The van der Waals surface area contributed by atoms with Crippen LogP contribution in [-0.2, 0) is 17.6 Å². The number of fused-ring (bicyclic) bond motifs is 1. The van der Waals surface area contributed by atoms with Crippen molar-refractivity contribution < 1.29 is 19.4 Å². The molecule has 0 saturated heterocycles. The number of thiophene rings is 1. The Morgan fingerprint density at radius 1 is 1.32 bits per heavy atom. The van der Waals surface area contributed by atoms with Crippen LogP contribution in [0.15, 0.2) is 38.2 Å². The summed E-state index contributed by atoms with van der Waals surface area (Å²) in [7, 11) is 0. The van der Waals surface area contributed by atoms with Crippen molar-refractivity contribution in [2.45, 2.75) is 19.8 Å². The van der Waals surface area contributed by atoms with E-state index >= 15 is 0 Å². The van der Waals surface area contributed by atoms with Gasteiger partial charge in [-0.3, -0.25) is 4.79 Å². The van der Waals surface area contributed by atoms with E-state index in [1.807, 2.05) is 16.8 Å². The Kier molecular flexibility index (Phi) is 4.76. The van der Waals surface area contributed by atoms with Gasteiger partial charge in [-0.15, -0.1) is 0 Å². The molecule has 1 aromatic carbocycles. The fraction of sp³-hybridized carbons (Fsp3) is 0.222. The van der Waals surface area contributed by atoms with Crippen molar-refractivity contribution in [2.75, 3.05) is 6.54 Å². The van der Waals surface area contributed by atoms with Crippen LogP contribution in [0.3, 0.4) is 0 Å². The third-order valence-electron chi connectivity index (χ3n) is 4.00. The van der Waals surface area contributed by atoms with Crippen LogP contribution >= 0.6 is 11.3 Å². The Morgan fingerprint density at radius 2 is 2.12 bits per heavy atom. The second kappa shape index (κ2) is 6.98. The molecule has 0 bridgehead atoms. The van der Waals surface area contributed by atoms with Crippen molar-refractivity contribution in [3.63, 3.8) is 0 Å². The van der Waals surface area contributed by atoms with Gasteiger partial charge in [0.05, 0.1) is 17.4 Å². The molecule has 6 nitrogen and oxygen atoms in total. The Morgan fingerprint density at radius 3 is 2.84 bits per heavy atom. The molecule has 3 rings (SSSR count). The number of aryl methyl sites for hydroxylation is 1. The largest absolute Gasteiger partial charge is 0.508 e. The molecule has 0 fully saturated rings. The number of hydrogen-bond donors (Lipinski definition) is 3. The van der Waals surface area contributed by atoms with E-state index in [-0.39, 0.29) is 35.0 Å². The van der Waals surface area contributed by atoms with Crippen molar-refractivity contribution in [3.8, 4) is 11.5 Å². The third-order valence-corrected chi connectivity index (χ3v) is 4.73. The lowest BCUT2D eigenvalue weighted by Crippen LogP contribution is -2.29. The van der Waals surface area contributed by atoms with Gasteiger partial charge in [0, 0.05) is 18.7 Å². The molecular formula is C18H17NO5S. The highest BCUT2D eigenvalue weighted by atomic mass is 32.1. The first-order chi connectivity index (χ1) is 12.0. The van der Waals surface area contributed by atoms with Gasteiger partial charge >= 0.3 is 5.63 Å². The maximum Gasteiger partial charge on any atom is 0.340 e. The van der Waals surface area contributed by atoms with Gasteiger partial charge in [-0.05, 0) is 41.3 Å². The van der Waals surface area contributed by atoms with Crippen molar-refractivity contribution >= 4 is 28.2 Å². The monoisotopic (exact) mass is 359 g/mol. The summed E-state index contributed by atoms with van der Waals surface area (Å²) in [6, 6.07) is 4.42. The standard InChI is InChI=1S/C18H17NO5S/c1-10-13(8-16(22)19-4-2-11-3-5-25-9-11)18(23)24-15-7-12(20)6-14(21)17(10)15/h3,5-7,9,20-21H,2,4,8H2,1H3,(H,19,22). The number of amides is 1. The lowest BCUT2D eigenvalue weighted by atomic mass is 10.0. The Balaban J connectivity index is 1.78. The number of phenolic OH excluding ortho intramolecular Hbond substituents is 2. The van der Waals surface area contributed by atoms with E-state index in [4.69, 9.17) is 4.42 Å². The first-order valence-electron chi connectivity index (χ1n) is 7.71. The van der Waals surface area contributed by atoms with Crippen LogP contribution in [0.25, 0.3) is 11.0 Å². The molecule has 2 aromatic heterocycles. The molecule has 3 aromatic rings. The zero-order chi connectivity index (χ0) is 18.0. The van der Waals surface area contributed by atoms with Gasteiger partial charge < -0.3 is 19.9 Å². The molecule has 0 unspecified atom stereocenters. The van der Waals surface area contributed by atoms with Crippen LogP contribution in [0.2, 0.25) is 0 Å². The molecule has 1 amide bonds. The summed E-state index contributed by atoms with van der Waals surface area (Å²) in [6.45, 7) is 2.12. The molecule has 2 heterocycles. The zero-order valence-corrected chi connectivity index (χ0v) is 14.4. The number of rotatable bonds is 5. The minimum atomic E-state index is -0.650. The summed E-state index contributed by atoms with van der Waals surface area (Å²) in [6.07, 6.45) is 0.592. The lowest BCUT2D eigenvalue weighted by Gasteiger charge is -2.10. The van der Waals surface area contributed by atoms with E-state index in [1.165, 1.54) is 12.1 Å². The van der Waals surface area contributed by atoms with Crippen molar-refractivity contribution in [3.05, 3.63) is 56.1 Å². The molecule has 0 saturated carbocycles. The average molecular weight is 359 g/mol. The van der Waals surface area contributed by atoms with Crippen LogP contribution in [0, 0.1) is 6.92 Å². The summed E-state index contributed by atoms with van der Waals surface area (Å²) in [5.41, 5.74) is 1.25. The highest BCUT2D eigenvalue weighted by Crippen LogP contribution is 2.32. The molecular weight excluding hydrogens is 342 g/mol. The van der Waals surface area contributed by atoms with Crippen LogP contribution in [0.1, 0.15) is 16.7 Å². The smallest absolute Gasteiger partial charge is 0.340 e. The van der Waals surface area contributed by atoms with Gasteiger partial charge in [-0.2, -0.15) is 11.3 Å². The van der Waals surface area contributed by atoms with E-state index in [0.29, 0.717) is 17.5 Å². The van der Waals surface area contributed by atoms with Gasteiger partial charge in [-0.1, -0.05) is 0 Å². The maximum atomic E-state index is 12.2. The van der Waals surface area contributed by atoms with Crippen LogP contribution in [0.4, 0.5) is 0 Å². The molecule has 0 radical (unpaired) electrons. The summed E-state index contributed by atoms with van der Waals surface area (Å²) in [5, 5.41) is 26.6. The number of benzene rings is 1. The molecule has 0 aliphatic rings. The SMILES string of the molecule is Cc1c(CC(=O)NCCc2ccsc2)c(=O)oc2cc(O)cc(O)c12. The first kappa shape index (κ1) is 17.0. The highest BCUT2D eigenvalue weighted by molar-refractivity contribution is 7.07. The zero-order valence-electron chi connectivity index (χ0n) is 13.5. The van der Waals surface area contributed by atoms with E-state index in [9.17, 15) is 19.8 Å². The number of aromatic hydroxyl groups is 2. The summed E-state index contributed by atoms with van der Waals surface area (Å²) in [5.74, 6) is -0.690. The van der Waals surface area contributed by atoms with Gasteiger partial charge in [0.2, 0.25) is 5.91 Å². The average Bonchev–Trinajstić information content (AvgIpc) is 3.03. The van der Waals surface area contributed by atoms with Crippen molar-refractivity contribution in [1.82, 2.24) is 5.32 Å². The highest BCUT2D eigenvalue weighted by Gasteiger charge is 2.17. The first-order valence-corrected chi connectivity index (χ1v) is 8.66. The fourth-order valence-corrected chi connectivity index (χ4v) is 3.42. The van der Waals surface area contributed by atoms with Gasteiger partial charge in [0.1, 0.15) is 17.1 Å². The fourth-order valence-electron chi connectivity index (χ4n) is 2.72. The minimum Gasteiger partial charge on any atom is -0.508 e. The summed E-state index contributed by atoms with van der Waals surface area (Å²) < 4.78 is 5.15. The predicted molar refractivity (Wildman–Crippen MR) is 95.3 cm³/mol. The van der Waals surface area contributed by atoms with Crippen LogP contribution in [-0.4, -0.2) is 22.7 Å². The van der Waals surface area contributed by atoms with Crippen molar-refractivity contribution in [1.29, 1.82) is 0 Å². The molecule has 7 heteroatoms. The quantitative estimate of drug-likeness (QED) is 0.608. The Labute approximate surface area is 147 Å². The predicted octanol–water partition coefficient (Wildman–Crippen LogP) is 2.48. The molecule has 0 atom stereocenters. The van der Waals surface area contributed by atoms with Gasteiger partial charge in [0.15, 0.2) is 0 Å². The Bertz CT molecular complexity index is 975. The maximum absolute atomic E-state index is 12.2. The molecule has 3 N–H and O–H groups in total. The van der Waals surface area contributed by atoms with E-state index in [1.54, 1.807) is 18.3 Å². The van der Waals surface area contributed by atoms with E-state index in [0.717, 1.165) is 12.0 Å². The second-order valence-electron chi connectivity index (χ2n) is 5.74. The molecule has 130 valence electrons. The number of phenols is 2.